The monoisotopic (exact) mass is 407 g/mol. The lowest BCUT2D eigenvalue weighted by Crippen LogP contribution is -2.19. The Labute approximate surface area is 164 Å². The summed E-state index contributed by atoms with van der Waals surface area (Å²) in [5, 5.41) is 10.2. The molecule has 1 heterocycles. The molecule has 2 aromatic carbocycles. The number of aryl methyl sites for hydroxylation is 1. The maximum absolute atomic E-state index is 12.4. The summed E-state index contributed by atoms with van der Waals surface area (Å²) in [4.78, 5) is 12.4. The number of hydrogen-bond donors (Lipinski definition) is 3. The van der Waals surface area contributed by atoms with E-state index in [2.05, 4.69) is 15.5 Å². The van der Waals surface area contributed by atoms with Crippen LogP contribution in [0.3, 0.4) is 0 Å². The highest BCUT2D eigenvalue weighted by Gasteiger charge is 2.13. The molecular formula is C17H15Cl2N5OS. The van der Waals surface area contributed by atoms with Crippen molar-refractivity contribution >= 4 is 52.7 Å². The molecule has 1 amide bonds. The topological polar surface area (TPSA) is 88.7 Å². The van der Waals surface area contributed by atoms with Crippen molar-refractivity contribution in [2.24, 2.45) is 0 Å². The van der Waals surface area contributed by atoms with Crippen LogP contribution in [-0.2, 0) is 11.3 Å². The van der Waals surface area contributed by atoms with Gasteiger partial charge in [0, 0.05) is 11.3 Å². The Bertz CT molecular complexity index is 1000. The fraction of sp³-hybridized carbons (Fsp3) is 0.118. The molecule has 3 rings (SSSR count). The fourth-order valence-corrected chi connectivity index (χ4v) is 3.07. The van der Waals surface area contributed by atoms with E-state index in [4.69, 9.17) is 41.2 Å². The van der Waals surface area contributed by atoms with E-state index >= 15 is 0 Å². The molecule has 26 heavy (non-hydrogen) atoms. The fourth-order valence-electron chi connectivity index (χ4n) is 2.39. The Hall–Kier alpha value is -2.35. The van der Waals surface area contributed by atoms with Crippen LogP contribution in [0.2, 0.25) is 10.0 Å². The number of carbonyl (C=O) groups excluding carboxylic acids is 1. The number of rotatable bonds is 4. The number of nitrogen functional groups attached to an aromatic ring is 1. The minimum Gasteiger partial charge on any atom is -0.396 e. The molecule has 0 aliphatic heterocycles. The Morgan fingerprint density at radius 2 is 1.88 bits per heavy atom. The summed E-state index contributed by atoms with van der Waals surface area (Å²) < 4.78 is 1.97. The lowest BCUT2D eigenvalue weighted by Gasteiger charge is -2.10. The largest absolute Gasteiger partial charge is 0.396 e. The van der Waals surface area contributed by atoms with Gasteiger partial charge in [0.25, 0.3) is 0 Å². The summed E-state index contributed by atoms with van der Waals surface area (Å²) in [5.74, 6) is 0.284. The third-order valence-corrected chi connectivity index (χ3v) is 4.67. The number of nitrogens with two attached hydrogens (primary N) is 1. The van der Waals surface area contributed by atoms with Crippen LogP contribution < -0.4 is 11.1 Å². The van der Waals surface area contributed by atoms with E-state index in [0.29, 0.717) is 16.3 Å². The highest BCUT2D eigenvalue weighted by atomic mass is 35.5. The van der Waals surface area contributed by atoms with E-state index in [-0.39, 0.29) is 28.2 Å². The molecule has 134 valence electrons. The lowest BCUT2D eigenvalue weighted by molar-refractivity contribution is -0.116. The second-order valence-corrected chi connectivity index (χ2v) is 6.91. The van der Waals surface area contributed by atoms with Crippen molar-refractivity contribution in [1.82, 2.24) is 14.8 Å². The minimum absolute atomic E-state index is 0.0157. The summed E-state index contributed by atoms with van der Waals surface area (Å²) in [6, 6.07) is 10.9. The SMILES string of the molecule is Cc1ccc(-c2n[nH]c(=S)n2CC(=O)Nc2cc(Cl)c(N)c(Cl)c2)cc1. The number of nitrogens with one attached hydrogen (secondary N) is 2. The molecule has 9 heteroatoms. The second kappa shape index (κ2) is 7.49. The normalized spacial score (nSPS) is 10.7. The van der Waals surface area contributed by atoms with Crippen molar-refractivity contribution in [3.05, 3.63) is 56.8 Å². The molecule has 4 N–H and O–H groups in total. The smallest absolute Gasteiger partial charge is 0.244 e. The number of carbonyl (C=O) groups is 1. The molecule has 0 radical (unpaired) electrons. The number of amides is 1. The zero-order valence-electron chi connectivity index (χ0n) is 13.7. The van der Waals surface area contributed by atoms with Gasteiger partial charge in [-0.3, -0.25) is 14.5 Å². The van der Waals surface area contributed by atoms with Gasteiger partial charge in [0.1, 0.15) is 6.54 Å². The molecule has 0 aliphatic rings. The first-order chi connectivity index (χ1) is 12.3. The van der Waals surface area contributed by atoms with E-state index in [1.54, 1.807) is 4.57 Å². The van der Waals surface area contributed by atoms with E-state index in [0.717, 1.165) is 11.1 Å². The van der Waals surface area contributed by atoms with Crippen LogP contribution >= 0.6 is 35.4 Å². The van der Waals surface area contributed by atoms with Crippen molar-refractivity contribution < 1.29 is 4.79 Å². The molecule has 3 aromatic rings. The minimum atomic E-state index is -0.298. The van der Waals surface area contributed by atoms with Crippen molar-refractivity contribution in [3.63, 3.8) is 0 Å². The summed E-state index contributed by atoms with van der Waals surface area (Å²) >= 11 is 17.2. The average molecular weight is 408 g/mol. The third-order valence-electron chi connectivity index (χ3n) is 3.73. The molecule has 1 aromatic heterocycles. The molecule has 0 saturated carbocycles. The van der Waals surface area contributed by atoms with Crippen LogP contribution in [0.5, 0.6) is 0 Å². The van der Waals surface area contributed by atoms with E-state index in [9.17, 15) is 4.79 Å². The summed E-state index contributed by atoms with van der Waals surface area (Å²) in [5.41, 5.74) is 8.40. The van der Waals surface area contributed by atoms with Crippen molar-refractivity contribution in [2.75, 3.05) is 11.1 Å². The number of anilines is 2. The summed E-state index contributed by atoms with van der Waals surface area (Å²) in [6.45, 7) is 1.98. The lowest BCUT2D eigenvalue weighted by atomic mass is 10.1. The first kappa shape index (κ1) is 18.4. The Kier molecular flexibility index (Phi) is 5.31. The average Bonchev–Trinajstić information content (AvgIpc) is 2.94. The number of nitrogens with zero attached hydrogens (tertiary/aromatic N) is 2. The van der Waals surface area contributed by atoms with Crippen LogP contribution in [0, 0.1) is 11.7 Å². The van der Waals surface area contributed by atoms with Crippen LogP contribution in [0.15, 0.2) is 36.4 Å². The van der Waals surface area contributed by atoms with Crippen LogP contribution in [-0.4, -0.2) is 20.7 Å². The Morgan fingerprint density at radius 1 is 1.27 bits per heavy atom. The maximum Gasteiger partial charge on any atom is 0.244 e. The first-order valence-corrected chi connectivity index (χ1v) is 8.78. The predicted molar refractivity (Wildman–Crippen MR) is 107 cm³/mol. The van der Waals surface area contributed by atoms with Crippen LogP contribution in [0.4, 0.5) is 11.4 Å². The van der Waals surface area contributed by atoms with Gasteiger partial charge >= 0.3 is 0 Å². The van der Waals surface area contributed by atoms with Crippen molar-refractivity contribution in [3.8, 4) is 11.4 Å². The highest BCUT2D eigenvalue weighted by Crippen LogP contribution is 2.31. The quantitative estimate of drug-likeness (QED) is 0.440. The molecule has 0 aliphatic carbocycles. The van der Waals surface area contributed by atoms with Gasteiger partial charge in [-0.1, -0.05) is 53.0 Å². The van der Waals surface area contributed by atoms with Crippen molar-refractivity contribution in [1.29, 1.82) is 0 Å². The number of hydrogen-bond acceptors (Lipinski definition) is 4. The molecule has 0 unspecified atom stereocenters. The second-order valence-electron chi connectivity index (χ2n) is 5.71. The number of H-pyrrole nitrogens is 1. The number of halogens is 2. The van der Waals surface area contributed by atoms with Gasteiger partial charge < -0.3 is 11.1 Å². The molecular weight excluding hydrogens is 393 g/mol. The van der Waals surface area contributed by atoms with Gasteiger partial charge in [-0.2, -0.15) is 5.10 Å². The third kappa shape index (κ3) is 3.90. The van der Waals surface area contributed by atoms with Gasteiger partial charge in [0.05, 0.1) is 15.7 Å². The molecule has 0 bridgehead atoms. The molecule has 0 saturated heterocycles. The van der Waals surface area contributed by atoms with Crippen molar-refractivity contribution in [2.45, 2.75) is 13.5 Å². The summed E-state index contributed by atoms with van der Waals surface area (Å²) in [6.07, 6.45) is 0. The van der Waals surface area contributed by atoms with Gasteiger partial charge in [-0.15, -0.1) is 0 Å². The first-order valence-electron chi connectivity index (χ1n) is 7.62. The number of aromatic nitrogens is 3. The number of benzene rings is 2. The summed E-state index contributed by atoms with van der Waals surface area (Å²) in [7, 11) is 0. The van der Waals surface area contributed by atoms with Crippen LogP contribution in [0.25, 0.3) is 11.4 Å². The van der Waals surface area contributed by atoms with E-state index in [1.165, 1.54) is 12.1 Å². The zero-order chi connectivity index (χ0) is 18.8. The van der Waals surface area contributed by atoms with E-state index in [1.807, 2.05) is 31.2 Å². The Morgan fingerprint density at radius 3 is 2.50 bits per heavy atom. The molecule has 0 spiro atoms. The maximum atomic E-state index is 12.4. The van der Waals surface area contributed by atoms with Crippen LogP contribution in [0.1, 0.15) is 5.56 Å². The van der Waals surface area contributed by atoms with Gasteiger partial charge in [0.2, 0.25) is 5.91 Å². The number of aromatic amines is 1. The van der Waals surface area contributed by atoms with Gasteiger partial charge in [0.15, 0.2) is 10.6 Å². The molecule has 0 atom stereocenters. The molecule has 6 nitrogen and oxygen atoms in total. The van der Waals surface area contributed by atoms with E-state index < -0.39 is 0 Å². The predicted octanol–water partition coefficient (Wildman–Crippen LogP) is 4.44. The van der Waals surface area contributed by atoms with Gasteiger partial charge in [-0.25, -0.2) is 0 Å². The van der Waals surface area contributed by atoms with Gasteiger partial charge in [-0.05, 0) is 31.3 Å². The Balaban J connectivity index is 1.83. The molecule has 0 fully saturated rings. The zero-order valence-corrected chi connectivity index (χ0v) is 16.0. The standard InChI is InChI=1S/C17H15Cl2N5OS/c1-9-2-4-10(5-3-9)16-22-23-17(26)24(16)8-14(25)21-11-6-12(18)15(20)13(19)7-11/h2-7H,8,20H2,1H3,(H,21,25)(H,23,26). The highest BCUT2D eigenvalue weighted by molar-refractivity contribution is 7.71.